The van der Waals surface area contributed by atoms with Gasteiger partial charge in [-0.2, -0.15) is 0 Å². The van der Waals surface area contributed by atoms with Gasteiger partial charge in [-0.15, -0.1) is 0 Å². The summed E-state index contributed by atoms with van der Waals surface area (Å²) in [4.78, 5) is 13.4. The standard InChI is InChI=1S/C13H18ClNO/c1-4-11(16)9-15(3)10(2)12-7-5-6-8-13(12)14/h5-8,10H,4,9H2,1-3H3. The molecule has 0 heterocycles. The van der Waals surface area contributed by atoms with Crippen LogP contribution >= 0.6 is 11.6 Å². The lowest BCUT2D eigenvalue weighted by molar-refractivity contribution is -0.120. The summed E-state index contributed by atoms with van der Waals surface area (Å²) in [6.45, 7) is 4.42. The first-order chi connectivity index (χ1) is 7.56. The Kier molecular flexibility index (Phi) is 4.97. The predicted octanol–water partition coefficient (Wildman–Crippen LogP) is 3.31. The van der Waals surface area contributed by atoms with E-state index in [0.717, 1.165) is 10.6 Å². The molecule has 0 N–H and O–H groups in total. The zero-order valence-corrected chi connectivity index (χ0v) is 10.8. The van der Waals surface area contributed by atoms with E-state index in [1.165, 1.54) is 0 Å². The maximum absolute atomic E-state index is 11.4. The maximum atomic E-state index is 11.4. The number of hydrogen-bond donors (Lipinski definition) is 0. The van der Waals surface area contributed by atoms with Gasteiger partial charge in [0.15, 0.2) is 0 Å². The smallest absolute Gasteiger partial charge is 0.146 e. The first-order valence-electron chi connectivity index (χ1n) is 5.52. The molecule has 2 nitrogen and oxygen atoms in total. The lowest BCUT2D eigenvalue weighted by Gasteiger charge is -2.24. The van der Waals surface area contributed by atoms with E-state index < -0.39 is 0 Å². The Hall–Kier alpha value is -0.860. The van der Waals surface area contributed by atoms with E-state index in [2.05, 4.69) is 6.92 Å². The zero-order chi connectivity index (χ0) is 12.1. The molecule has 0 radical (unpaired) electrons. The summed E-state index contributed by atoms with van der Waals surface area (Å²) in [7, 11) is 1.95. The SMILES string of the molecule is CCC(=O)CN(C)C(C)c1ccccc1Cl. The minimum Gasteiger partial charge on any atom is -0.298 e. The molecule has 0 spiro atoms. The van der Waals surface area contributed by atoms with Gasteiger partial charge in [-0.3, -0.25) is 9.69 Å². The van der Waals surface area contributed by atoms with Crippen molar-refractivity contribution < 1.29 is 4.79 Å². The van der Waals surface area contributed by atoms with Crippen molar-refractivity contribution in [3.63, 3.8) is 0 Å². The number of likely N-dealkylation sites (N-methyl/N-ethyl adjacent to an activating group) is 1. The summed E-state index contributed by atoms with van der Waals surface area (Å²) in [6, 6.07) is 7.91. The van der Waals surface area contributed by atoms with Crippen molar-refractivity contribution in [2.75, 3.05) is 13.6 Å². The van der Waals surface area contributed by atoms with Gasteiger partial charge in [-0.25, -0.2) is 0 Å². The molecule has 0 aliphatic carbocycles. The number of rotatable bonds is 5. The quantitative estimate of drug-likeness (QED) is 0.786. The monoisotopic (exact) mass is 239 g/mol. The molecule has 1 atom stereocenters. The second kappa shape index (κ2) is 6.02. The number of carbonyl (C=O) groups excluding carboxylic acids is 1. The molecule has 1 aromatic rings. The molecule has 0 amide bonds. The Balaban J connectivity index is 2.74. The molecule has 0 fully saturated rings. The molecule has 16 heavy (non-hydrogen) atoms. The van der Waals surface area contributed by atoms with Crippen LogP contribution < -0.4 is 0 Å². The number of halogens is 1. The zero-order valence-electron chi connectivity index (χ0n) is 10.0. The Morgan fingerprint density at radius 3 is 2.62 bits per heavy atom. The molecule has 0 saturated heterocycles. The number of Topliss-reactive ketones (excluding diaryl/α,β-unsaturated/α-hetero) is 1. The fourth-order valence-corrected chi connectivity index (χ4v) is 1.87. The highest BCUT2D eigenvalue weighted by Gasteiger charge is 2.15. The maximum Gasteiger partial charge on any atom is 0.146 e. The van der Waals surface area contributed by atoms with E-state index in [1.54, 1.807) is 0 Å². The second-order valence-electron chi connectivity index (χ2n) is 4.00. The highest BCUT2D eigenvalue weighted by atomic mass is 35.5. The van der Waals surface area contributed by atoms with Gasteiger partial charge in [0, 0.05) is 17.5 Å². The van der Waals surface area contributed by atoms with Gasteiger partial charge >= 0.3 is 0 Å². The second-order valence-corrected chi connectivity index (χ2v) is 4.41. The summed E-state index contributed by atoms with van der Waals surface area (Å²) < 4.78 is 0. The first kappa shape index (κ1) is 13.2. The average Bonchev–Trinajstić information content (AvgIpc) is 2.28. The van der Waals surface area contributed by atoms with Gasteiger partial charge < -0.3 is 0 Å². The van der Waals surface area contributed by atoms with Crippen LogP contribution in [-0.4, -0.2) is 24.3 Å². The summed E-state index contributed by atoms with van der Waals surface area (Å²) in [6.07, 6.45) is 0.583. The third-order valence-electron chi connectivity index (χ3n) is 2.84. The molecule has 88 valence electrons. The number of benzene rings is 1. The minimum absolute atomic E-state index is 0.157. The van der Waals surface area contributed by atoms with Crippen molar-refractivity contribution in [2.24, 2.45) is 0 Å². The fraction of sp³-hybridized carbons (Fsp3) is 0.462. The largest absolute Gasteiger partial charge is 0.298 e. The first-order valence-corrected chi connectivity index (χ1v) is 5.90. The summed E-state index contributed by atoms with van der Waals surface area (Å²) >= 11 is 6.12. The predicted molar refractivity (Wildman–Crippen MR) is 67.8 cm³/mol. The number of nitrogens with zero attached hydrogens (tertiary/aromatic N) is 1. The van der Waals surface area contributed by atoms with E-state index in [-0.39, 0.29) is 11.8 Å². The van der Waals surface area contributed by atoms with Gasteiger partial charge in [0.2, 0.25) is 0 Å². The Morgan fingerprint density at radius 1 is 1.44 bits per heavy atom. The molecule has 1 unspecified atom stereocenters. The topological polar surface area (TPSA) is 20.3 Å². The van der Waals surface area contributed by atoms with Crippen molar-refractivity contribution in [3.8, 4) is 0 Å². The fourth-order valence-electron chi connectivity index (χ4n) is 1.58. The molecule has 1 rings (SSSR count). The van der Waals surface area contributed by atoms with Crippen LogP contribution in [0.4, 0.5) is 0 Å². The van der Waals surface area contributed by atoms with Gasteiger partial charge in [-0.1, -0.05) is 36.7 Å². The molecule has 0 saturated carbocycles. The molecule has 0 aromatic heterocycles. The van der Waals surface area contributed by atoms with Gasteiger partial charge in [0.25, 0.3) is 0 Å². The molecule has 1 aromatic carbocycles. The molecular formula is C13H18ClNO. The molecule has 0 bridgehead atoms. The Morgan fingerprint density at radius 2 is 2.06 bits per heavy atom. The third-order valence-corrected chi connectivity index (χ3v) is 3.18. The van der Waals surface area contributed by atoms with Gasteiger partial charge in [-0.05, 0) is 25.6 Å². The van der Waals surface area contributed by atoms with Crippen LogP contribution in [0.25, 0.3) is 0 Å². The summed E-state index contributed by atoms with van der Waals surface area (Å²) in [5, 5.41) is 0.755. The van der Waals surface area contributed by atoms with Crippen molar-refractivity contribution in [1.29, 1.82) is 0 Å². The van der Waals surface area contributed by atoms with Crippen molar-refractivity contribution in [3.05, 3.63) is 34.9 Å². The lowest BCUT2D eigenvalue weighted by Crippen LogP contribution is -2.28. The van der Waals surface area contributed by atoms with E-state index >= 15 is 0 Å². The van der Waals surface area contributed by atoms with Crippen LogP contribution in [0.15, 0.2) is 24.3 Å². The Bertz CT molecular complexity index is 365. The van der Waals surface area contributed by atoms with Gasteiger partial charge in [0.1, 0.15) is 5.78 Å². The van der Waals surface area contributed by atoms with Crippen molar-refractivity contribution in [2.45, 2.75) is 26.3 Å². The van der Waals surface area contributed by atoms with Crippen molar-refractivity contribution >= 4 is 17.4 Å². The summed E-state index contributed by atoms with van der Waals surface area (Å²) in [5.74, 6) is 0.251. The van der Waals surface area contributed by atoms with Crippen LogP contribution in [0.3, 0.4) is 0 Å². The van der Waals surface area contributed by atoms with Crippen LogP contribution in [0.1, 0.15) is 31.9 Å². The Labute approximate surface area is 102 Å². The normalized spacial score (nSPS) is 12.8. The van der Waals surface area contributed by atoms with Crippen LogP contribution in [0.2, 0.25) is 5.02 Å². The molecule has 0 aliphatic heterocycles. The number of ketones is 1. The molecule has 0 aliphatic rings. The van der Waals surface area contributed by atoms with Crippen molar-refractivity contribution in [1.82, 2.24) is 4.90 Å². The van der Waals surface area contributed by atoms with Crippen LogP contribution in [-0.2, 0) is 4.79 Å². The molecule has 3 heteroatoms. The number of carbonyl (C=O) groups is 1. The van der Waals surface area contributed by atoms with E-state index in [9.17, 15) is 4.79 Å². The van der Waals surface area contributed by atoms with Crippen LogP contribution in [0, 0.1) is 0 Å². The van der Waals surface area contributed by atoms with Gasteiger partial charge in [0.05, 0.1) is 6.54 Å². The number of hydrogen-bond acceptors (Lipinski definition) is 2. The van der Waals surface area contributed by atoms with E-state index in [0.29, 0.717) is 13.0 Å². The molecular weight excluding hydrogens is 222 g/mol. The van der Waals surface area contributed by atoms with Crippen LogP contribution in [0.5, 0.6) is 0 Å². The lowest BCUT2D eigenvalue weighted by atomic mass is 10.1. The minimum atomic E-state index is 0.157. The van der Waals surface area contributed by atoms with E-state index in [4.69, 9.17) is 11.6 Å². The highest BCUT2D eigenvalue weighted by molar-refractivity contribution is 6.31. The average molecular weight is 240 g/mol. The summed E-state index contributed by atoms with van der Waals surface area (Å²) in [5.41, 5.74) is 1.07. The third kappa shape index (κ3) is 3.32. The highest BCUT2D eigenvalue weighted by Crippen LogP contribution is 2.25. The van der Waals surface area contributed by atoms with E-state index in [1.807, 2.05) is 43.1 Å².